The molecule has 0 aromatic carbocycles. The lowest BCUT2D eigenvalue weighted by atomic mass is 10.2. The van der Waals surface area contributed by atoms with Crippen molar-refractivity contribution in [2.75, 3.05) is 19.1 Å². The smallest absolute Gasteiger partial charge is 0.138 e. The van der Waals surface area contributed by atoms with Crippen LogP contribution in [0.2, 0.25) is 0 Å². The highest BCUT2D eigenvalue weighted by Crippen LogP contribution is 2.16. The molecule has 4 heteroatoms. The van der Waals surface area contributed by atoms with Gasteiger partial charge in [0.1, 0.15) is 5.75 Å². The molecule has 3 nitrogen and oxygen atoms in total. The summed E-state index contributed by atoms with van der Waals surface area (Å²) in [5.41, 5.74) is 0.861. The lowest BCUT2D eigenvalue weighted by Gasteiger charge is -2.10. The molecular weight excluding hydrogens is 262 g/mol. The van der Waals surface area contributed by atoms with Gasteiger partial charge in [0.05, 0.1) is 18.9 Å². The van der Waals surface area contributed by atoms with Crippen LogP contribution < -0.4 is 4.74 Å². The predicted octanol–water partition coefficient (Wildman–Crippen LogP) is 3.01. The Morgan fingerprint density at radius 3 is 3.21 bits per heavy atom. The summed E-state index contributed by atoms with van der Waals surface area (Å²) in [7, 11) is 0. The molecule has 1 saturated heterocycles. The molecule has 19 heavy (non-hydrogen) atoms. The first-order valence-electron chi connectivity index (χ1n) is 6.63. The van der Waals surface area contributed by atoms with E-state index in [-0.39, 0.29) is 0 Å². The number of aromatic nitrogens is 1. The van der Waals surface area contributed by atoms with E-state index in [4.69, 9.17) is 21.1 Å². The quantitative estimate of drug-likeness (QED) is 0.613. The van der Waals surface area contributed by atoms with Crippen LogP contribution in [0.15, 0.2) is 18.5 Å². The van der Waals surface area contributed by atoms with Crippen LogP contribution in [0, 0.1) is 11.8 Å². The normalized spacial score (nSPS) is 17.8. The Morgan fingerprint density at radius 1 is 1.47 bits per heavy atom. The lowest BCUT2D eigenvalue weighted by Crippen LogP contribution is -2.10. The molecule has 1 aliphatic rings. The maximum Gasteiger partial charge on any atom is 0.138 e. The number of nitrogens with zero attached hydrogens (tertiary/aromatic N) is 1. The molecule has 0 spiro atoms. The molecule has 102 valence electrons. The number of hydrogen-bond donors (Lipinski definition) is 0. The van der Waals surface area contributed by atoms with Crippen molar-refractivity contribution in [3.8, 4) is 17.6 Å². The van der Waals surface area contributed by atoms with E-state index < -0.39 is 0 Å². The highest BCUT2D eigenvalue weighted by Gasteiger charge is 2.14. The lowest BCUT2D eigenvalue weighted by molar-refractivity contribution is 0.0903. The Kier molecular flexibility index (Phi) is 6.00. The summed E-state index contributed by atoms with van der Waals surface area (Å²) in [5, 5.41) is 0. The zero-order valence-corrected chi connectivity index (χ0v) is 11.7. The van der Waals surface area contributed by atoms with Crippen molar-refractivity contribution < 1.29 is 9.47 Å². The van der Waals surface area contributed by atoms with Gasteiger partial charge in [-0.3, -0.25) is 4.98 Å². The van der Waals surface area contributed by atoms with E-state index in [9.17, 15) is 0 Å². The largest absolute Gasteiger partial charge is 0.492 e. The molecule has 1 aromatic rings. The maximum absolute atomic E-state index is 5.68. The van der Waals surface area contributed by atoms with E-state index in [1.54, 1.807) is 12.4 Å². The second kappa shape index (κ2) is 8.04. The van der Waals surface area contributed by atoms with Crippen LogP contribution >= 0.6 is 11.6 Å². The fraction of sp³-hybridized carbons (Fsp3) is 0.533. The molecule has 2 rings (SSSR count). The molecule has 1 aromatic heterocycles. The second-order valence-corrected chi connectivity index (χ2v) is 4.80. The predicted molar refractivity (Wildman–Crippen MR) is 75.5 cm³/mol. The first kappa shape index (κ1) is 14.2. The summed E-state index contributed by atoms with van der Waals surface area (Å²) in [6.45, 7) is 1.54. The number of hydrogen-bond acceptors (Lipinski definition) is 3. The Labute approximate surface area is 119 Å². The van der Waals surface area contributed by atoms with Crippen LogP contribution in [0.3, 0.4) is 0 Å². The van der Waals surface area contributed by atoms with Gasteiger partial charge < -0.3 is 9.47 Å². The molecule has 0 radical (unpaired) electrons. The van der Waals surface area contributed by atoms with Gasteiger partial charge in [-0.2, -0.15) is 0 Å². The average molecular weight is 280 g/mol. The Balaban J connectivity index is 1.79. The molecular formula is C15H18ClNO2. The first-order chi connectivity index (χ1) is 9.38. The first-order valence-corrected chi connectivity index (χ1v) is 7.16. The van der Waals surface area contributed by atoms with Crippen molar-refractivity contribution in [2.24, 2.45) is 0 Å². The summed E-state index contributed by atoms with van der Waals surface area (Å²) in [4.78, 5) is 4.12. The zero-order chi connectivity index (χ0) is 13.3. The second-order valence-electron chi connectivity index (χ2n) is 4.42. The molecule has 0 aliphatic carbocycles. The van der Waals surface area contributed by atoms with E-state index in [1.165, 1.54) is 0 Å². The molecule has 0 bridgehead atoms. The minimum atomic E-state index is 0.361. The van der Waals surface area contributed by atoms with Gasteiger partial charge in [-0.05, 0) is 18.9 Å². The third-order valence-electron chi connectivity index (χ3n) is 2.90. The van der Waals surface area contributed by atoms with Crippen LogP contribution in [0.25, 0.3) is 0 Å². The van der Waals surface area contributed by atoms with Gasteiger partial charge >= 0.3 is 0 Å². The Bertz CT molecular complexity index is 447. The highest BCUT2D eigenvalue weighted by molar-refractivity contribution is 6.18. The molecule has 1 atom stereocenters. The topological polar surface area (TPSA) is 31.4 Å². The standard InChI is InChI=1S/C15H18ClNO2/c16-7-2-1-4-13-10-15(12-17-11-13)19-9-6-14-5-3-8-18-14/h10-12,14H,2-3,5-9H2. The molecule has 2 heterocycles. The highest BCUT2D eigenvalue weighted by atomic mass is 35.5. The SMILES string of the molecule is ClCCC#Cc1cncc(OCCC2CCCO2)c1. The van der Waals surface area contributed by atoms with Crippen molar-refractivity contribution in [1.82, 2.24) is 4.98 Å². The fourth-order valence-corrected chi connectivity index (χ4v) is 2.05. The summed E-state index contributed by atoms with van der Waals surface area (Å²) >= 11 is 5.58. The van der Waals surface area contributed by atoms with E-state index in [1.807, 2.05) is 6.07 Å². The van der Waals surface area contributed by atoms with Gasteiger partial charge in [0, 0.05) is 37.1 Å². The molecule has 0 amide bonds. The molecule has 1 aliphatic heterocycles. The summed E-state index contributed by atoms with van der Waals surface area (Å²) in [5.74, 6) is 7.31. The van der Waals surface area contributed by atoms with Gasteiger partial charge in [0.25, 0.3) is 0 Å². The van der Waals surface area contributed by atoms with E-state index >= 15 is 0 Å². The van der Waals surface area contributed by atoms with Crippen molar-refractivity contribution in [2.45, 2.75) is 31.8 Å². The molecule has 1 fully saturated rings. The number of halogens is 1. The minimum Gasteiger partial charge on any atom is -0.492 e. The van der Waals surface area contributed by atoms with Crippen LogP contribution in [0.1, 0.15) is 31.2 Å². The summed E-state index contributed by atoms with van der Waals surface area (Å²) < 4.78 is 11.2. The summed E-state index contributed by atoms with van der Waals surface area (Å²) in [6.07, 6.45) is 7.73. The van der Waals surface area contributed by atoms with Crippen molar-refractivity contribution in [3.05, 3.63) is 24.0 Å². The van der Waals surface area contributed by atoms with Crippen molar-refractivity contribution in [3.63, 3.8) is 0 Å². The molecule has 0 saturated carbocycles. The fourth-order valence-electron chi connectivity index (χ4n) is 1.96. The van der Waals surface area contributed by atoms with Crippen LogP contribution in [-0.4, -0.2) is 30.2 Å². The van der Waals surface area contributed by atoms with Crippen LogP contribution in [0.4, 0.5) is 0 Å². The monoisotopic (exact) mass is 279 g/mol. The van der Waals surface area contributed by atoms with Crippen LogP contribution in [-0.2, 0) is 4.74 Å². The number of pyridine rings is 1. The minimum absolute atomic E-state index is 0.361. The number of ether oxygens (including phenoxy) is 2. The third-order valence-corrected chi connectivity index (χ3v) is 3.09. The van der Waals surface area contributed by atoms with Crippen molar-refractivity contribution in [1.29, 1.82) is 0 Å². The van der Waals surface area contributed by atoms with Gasteiger partial charge in [0.2, 0.25) is 0 Å². The van der Waals surface area contributed by atoms with Crippen molar-refractivity contribution >= 4 is 11.6 Å². The van der Waals surface area contributed by atoms with E-state index in [0.717, 1.165) is 37.2 Å². The van der Waals surface area contributed by atoms with Gasteiger partial charge in [0.15, 0.2) is 0 Å². The molecule has 1 unspecified atom stereocenters. The average Bonchev–Trinajstić information content (AvgIpc) is 2.93. The van der Waals surface area contributed by atoms with Gasteiger partial charge in [-0.25, -0.2) is 0 Å². The Morgan fingerprint density at radius 2 is 2.42 bits per heavy atom. The third kappa shape index (κ3) is 5.10. The maximum atomic E-state index is 5.68. The van der Waals surface area contributed by atoms with Gasteiger partial charge in [-0.1, -0.05) is 11.8 Å². The number of alkyl halides is 1. The summed E-state index contributed by atoms with van der Waals surface area (Å²) in [6, 6.07) is 1.91. The Hall–Kier alpha value is -1.24. The van der Waals surface area contributed by atoms with Crippen LogP contribution in [0.5, 0.6) is 5.75 Å². The van der Waals surface area contributed by atoms with E-state index in [0.29, 0.717) is 25.0 Å². The molecule has 0 N–H and O–H groups in total. The van der Waals surface area contributed by atoms with E-state index in [2.05, 4.69) is 16.8 Å². The zero-order valence-electron chi connectivity index (χ0n) is 10.9. The van der Waals surface area contributed by atoms with Gasteiger partial charge in [-0.15, -0.1) is 11.6 Å². The number of rotatable bonds is 5.